The van der Waals surface area contributed by atoms with Gasteiger partial charge in [0.1, 0.15) is 0 Å². The largest absolute Gasteiger partial charge is 0.328 e. The van der Waals surface area contributed by atoms with Crippen molar-refractivity contribution >= 4 is 0 Å². The minimum absolute atomic E-state index is 0.438. The summed E-state index contributed by atoms with van der Waals surface area (Å²) in [5.74, 6) is 0.770. The summed E-state index contributed by atoms with van der Waals surface area (Å²) in [6.07, 6.45) is 11.3. The molecule has 0 saturated heterocycles. The van der Waals surface area contributed by atoms with Gasteiger partial charge in [-0.3, -0.25) is 9.97 Å². The Morgan fingerprint density at radius 3 is 2.64 bits per heavy atom. The molecule has 0 unspecified atom stereocenters. The highest BCUT2D eigenvalue weighted by Crippen LogP contribution is 2.25. The zero-order chi connectivity index (χ0) is 9.80. The van der Waals surface area contributed by atoms with Gasteiger partial charge in [0.15, 0.2) is 0 Å². The normalized spacial score (nSPS) is 27.5. The van der Waals surface area contributed by atoms with E-state index in [0.29, 0.717) is 6.04 Å². The number of hydrogen-bond donors (Lipinski definition) is 1. The molecule has 1 fully saturated rings. The van der Waals surface area contributed by atoms with E-state index < -0.39 is 0 Å². The van der Waals surface area contributed by atoms with Gasteiger partial charge in [0.05, 0.1) is 5.69 Å². The maximum atomic E-state index is 5.86. The molecule has 3 heteroatoms. The van der Waals surface area contributed by atoms with Gasteiger partial charge in [-0.2, -0.15) is 0 Å². The van der Waals surface area contributed by atoms with Crippen LogP contribution in [-0.2, 0) is 6.42 Å². The summed E-state index contributed by atoms with van der Waals surface area (Å²) >= 11 is 0. The van der Waals surface area contributed by atoms with Crippen molar-refractivity contribution in [1.82, 2.24) is 9.97 Å². The van der Waals surface area contributed by atoms with E-state index in [1.165, 1.54) is 25.7 Å². The highest BCUT2D eigenvalue weighted by atomic mass is 14.8. The lowest BCUT2D eigenvalue weighted by atomic mass is 9.84. The summed E-state index contributed by atoms with van der Waals surface area (Å²) in [6, 6.07) is 0.438. The van der Waals surface area contributed by atoms with Crippen molar-refractivity contribution in [2.75, 3.05) is 0 Å². The number of hydrogen-bond acceptors (Lipinski definition) is 3. The second-order valence-electron chi connectivity index (χ2n) is 4.18. The molecule has 0 aromatic carbocycles. The fraction of sp³-hybridized carbons (Fsp3) is 0.636. The number of nitrogens with zero attached hydrogens (tertiary/aromatic N) is 2. The Hall–Kier alpha value is -0.960. The average Bonchev–Trinajstić information content (AvgIpc) is 2.23. The van der Waals surface area contributed by atoms with Gasteiger partial charge >= 0.3 is 0 Å². The van der Waals surface area contributed by atoms with Gasteiger partial charge in [-0.1, -0.05) is 0 Å². The lowest BCUT2D eigenvalue weighted by molar-refractivity contribution is 0.323. The van der Waals surface area contributed by atoms with Crippen LogP contribution in [0.2, 0.25) is 0 Å². The molecule has 0 radical (unpaired) electrons. The molecule has 1 saturated carbocycles. The summed E-state index contributed by atoms with van der Waals surface area (Å²) in [6.45, 7) is 0. The van der Waals surface area contributed by atoms with Crippen LogP contribution < -0.4 is 5.73 Å². The van der Waals surface area contributed by atoms with Crippen molar-refractivity contribution in [2.45, 2.75) is 38.1 Å². The first-order valence-electron chi connectivity index (χ1n) is 5.35. The van der Waals surface area contributed by atoms with E-state index in [2.05, 4.69) is 9.97 Å². The first-order valence-corrected chi connectivity index (χ1v) is 5.35. The third-order valence-electron chi connectivity index (χ3n) is 3.01. The molecule has 2 rings (SSSR count). The van der Waals surface area contributed by atoms with Crippen LogP contribution in [0.5, 0.6) is 0 Å². The quantitative estimate of drug-likeness (QED) is 0.771. The Labute approximate surface area is 84.8 Å². The van der Waals surface area contributed by atoms with Crippen molar-refractivity contribution in [3.8, 4) is 0 Å². The first-order chi connectivity index (χ1) is 6.84. The van der Waals surface area contributed by atoms with Gasteiger partial charge in [0.25, 0.3) is 0 Å². The highest BCUT2D eigenvalue weighted by Gasteiger charge is 2.18. The van der Waals surface area contributed by atoms with Gasteiger partial charge in [-0.15, -0.1) is 0 Å². The zero-order valence-corrected chi connectivity index (χ0v) is 8.39. The second kappa shape index (κ2) is 4.51. The minimum Gasteiger partial charge on any atom is -0.328 e. The molecule has 0 atom stereocenters. The first kappa shape index (κ1) is 9.59. The van der Waals surface area contributed by atoms with E-state index in [9.17, 15) is 0 Å². The molecule has 3 nitrogen and oxygen atoms in total. The molecule has 0 aliphatic heterocycles. The molecule has 1 aromatic rings. The van der Waals surface area contributed by atoms with E-state index in [4.69, 9.17) is 5.73 Å². The zero-order valence-electron chi connectivity index (χ0n) is 8.39. The van der Waals surface area contributed by atoms with E-state index in [1.807, 2.05) is 6.20 Å². The molecule has 1 heterocycles. The van der Waals surface area contributed by atoms with Crippen molar-refractivity contribution in [3.63, 3.8) is 0 Å². The van der Waals surface area contributed by atoms with Gasteiger partial charge in [-0.25, -0.2) is 0 Å². The van der Waals surface area contributed by atoms with Gasteiger partial charge in [0.2, 0.25) is 0 Å². The van der Waals surface area contributed by atoms with Crippen LogP contribution in [0, 0.1) is 5.92 Å². The molecule has 0 spiro atoms. The molecular weight excluding hydrogens is 174 g/mol. The Morgan fingerprint density at radius 1 is 1.21 bits per heavy atom. The summed E-state index contributed by atoms with van der Waals surface area (Å²) in [5.41, 5.74) is 6.98. The summed E-state index contributed by atoms with van der Waals surface area (Å²) in [4.78, 5) is 8.38. The highest BCUT2D eigenvalue weighted by molar-refractivity contribution is 4.96. The Bertz CT molecular complexity index is 265. The SMILES string of the molecule is NC1CCC(Cc2cnccn2)CC1. The average molecular weight is 191 g/mol. The minimum atomic E-state index is 0.438. The standard InChI is InChI=1S/C11H17N3/c12-10-3-1-9(2-4-10)7-11-8-13-5-6-14-11/h5-6,8-10H,1-4,7,12H2. The Morgan fingerprint density at radius 2 is 2.00 bits per heavy atom. The monoisotopic (exact) mass is 191 g/mol. The fourth-order valence-corrected chi connectivity index (χ4v) is 2.12. The van der Waals surface area contributed by atoms with Crippen LogP contribution in [0.3, 0.4) is 0 Å². The molecule has 1 aliphatic carbocycles. The van der Waals surface area contributed by atoms with E-state index >= 15 is 0 Å². The third-order valence-corrected chi connectivity index (χ3v) is 3.01. The fourth-order valence-electron chi connectivity index (χ4n) is 2.12. The van der Waals surface area contributed by atoms with Crippen molar-refractivity contribution in [2.24, 2.45) is 11.7 Å². The summed E-state index contributed by atoms with van der Waals surface area (Å²) in [7, 11) is 0. The molecule has 0 amide bonds. The summed E-state index contributed by atoms with van der Waals surface area (Å²) in [5, 5.41) is 0. The number of aromatic nitrogens is 2. The maximum absolute atomic E-state index is 5.86. The van der Waals surface area contributed by atoms with Crippen LogP contribution in [-0.4, -0.2) is 16.0 Å². The molecular formula is C11H17N3. The second-order valence-corrected chi connectivity index (χ2v) is 4.18. The molecule has 1 aromatic heterocycles. The van der Waals surface area contributed by atoms with Gasteiger partial charge < -0.3 is 5.73 Å². The number of rotatable bonds is 2. The van der Waals surface area contributed by atoms with E-state index in [0.717, 1.165) is 18.0 Å². The van der Waals surface area contributed by atoms with Crippen LogP contribution >= 0.6 is 0 Å². The van der Waals surface area contributed by atoms with Crippen LogP contribution in [0.4, 0.5) is 0 Å². The Balaban J connectivity index is 1.87. The lowest BCUT2D eigenvalue weighted by Crippen LogP contribution is -2.27. The molecule has 2 N–H and O–H groups in total. The molecule has 14 heavy (non-hydrogen) atoms. The number of nitrogens with two attached hydrogens (primary N) is 1. The van der Waals surface area contributed by atoms with Crippen molar-refractivity contribution in [1.29, 1.82) is 0 Å². The maximum Gasteiger partial charge on any atom is 0.0589 e. The molecule has 1 aliphatic rings. The van der Waals surface area contributed by atoms with Crippen molar-refractivity contribution < 1.29 is 0 Å². The van der Waals surface area contributed by atoms with Crippen LogP contribution in [0.25, 0.3) is 0 Å². The Kier molecular flexibility index (Phi) is 3.09. The predicted octanol–water partition coefficient (Wildman–Crippen LogP) is 1.54. The van der Waals surface area contributed by atoms with Gasteiger partial charge in [-0.05, 0) is 38.0 Å². The predicted molar refractivity (Wildman–Crippen MR) is 55.7 cm³/mol. The molecule has 76 valence electrons. The smallest absolute Gasteiger partial charge is 0.0589 e. The van der Waals surface area contributed by atoms with Gasteiger partial charge in [0, 0.05) is 24.6 Å². The summed E-state index contributed by atoms with van der Waals surface area (Å²) < 4.78 is 0. The van der Waals surface area contributed by atoms with Crippen LogP contribution in [0.15, 0.2) is 18.6 Å². The molecule has 0 bridgehead atoms. The van der Waals surface area contributed by atoms with Crippen LogP contribution in [0.1, 0.15) is 31.4 Å². The topological polar surface area (TPSA) is 51.8 Å². The third kappa shape index (κ3) is 2.51. The van der Waals surface area contributed by atoms with E-state index in [-0.39, 0.29) is 0 Å². The lowest BCUT2D eigenvalue weighted by Gasteiger charge is -2.25. The van der Waals surface area contributed by atoms with E-state index in [1.54, 1.807) is 12.4 Å². The van der Waals surface area contributed by atoms with Crippen molar-refractivity contribution in [3.05, 3.63) is 24.3 Å².